The summed E-state index contributed by atoms with van der Waals surface area (Å²) >= 11 is 1.55. The Bertz CT molecular complexity index is 536. The maximum absolute atomic E-state index is 11.7. The largest absolute Gasteiger partial charge is 0.293 e. The molecule has 1 aromatic heterocycles. The van der Waals surface area contributed by atoms with E-state index in [4.69, 9.17) is 0 Å². The van der Waals surface area contributed by atoms with Crippen LogP contribution in [0.15, 0.2) is 30.3 Å². The molecule has 0 N–H and O–H groups in total. The third-order valence-electron chi connectivity index (χ3n) is 2.43. The maximum atomic E-state index is 11.7. The fraction of sp³-hybridized carbons (Fsp3) is 0.231. The summed E-state index contributed by atoms with van der Waals surface area (Å²) in [6.07, 6.45) is 1.93. The summed E-state index contributed by atoms with van der Waals surface area (Å²) in [6, 6.07) is 9.66. The summed E-state index contributed by atoms with van der Waals surface area (Å²) in [7, 11) is 0. The number of aryl methyl sites for hydroxylation is 1. The Morgan fingerprint density at radius 2 is 2.12 bits per heavy atom. The molecule has 0 spiro atoms. The molecular formula is C13H13NOS. The van der Waals surface area contributed by atoms with E-state index in [1.54, 1.807) is 11.8 Å². The number of carbonyl (C=O) groups is 1. The van der Waals surface area contributed by atoms with E-state index in [0.717, 1.165) is 22.2 Å². The molecular weight excluding hydrogens is 218 g/mol. The lowest BCUT2D eigenvalue weighted by atomic mass is 10.1. The highest BCUT2D eigenvalue weighted by atomic mass is 32.2. The van der Waals surface area contributed by atoms with E-state index in [-0.39, 0.29) is 5.78 Å². The average molecular weight is 231 g/mol. The van der Waals surface area contributed by atoms with E-state index in [1.807, 2.05) is 43.5 Å². The minimum absolute atomic E-state index is 0.176. The Morgan fingerprint density at radius 1 is 1.31 bits per heavy atom. The third-order valence-corrected chi connectivity index (χ3v) is 2.98. The van der Waals surface area contributed by atoms with Crippen molar-refractivity contribution in [1.82, 2.24) is 4.98 Å². The topological polar surface area (TPSA) is 30.0 Å². The van der Waals surface area contributed by atoms with Crippen molar-refractivity contribution in [2.75, 3.05) is 12.0 Å². The van der Waals surface area contributed by atoms with Crippen LogP contribution in [0.5, 0.6) is 0 Å². The van der Waals surface area contributed by atoms with Gasteiger partial charge in [0.1, 0.15) is 0 Å². The minimum atomic E-state index is 0.176. The van der Waals surface area contributed by atoms with Crippen molar-refractivity contribution < 1.29 is 4.79 Å². The number of Topliss-reactive ketones (excluding diaryl/α,β-unsaturated/α-hetero) is 1. The Kier molecular flexibility index (Phi) is 3.25. The van der Waals surface area contributed by atoms with E-state index < -0.39 is 0 Å². The lowest BCUT2D eigenvalue weighted by molar-refractivity contribution is 0.102. The quantitative estimate of drug-likeness (QED) is 0.760. The zero-order valence-corrected chi connectivity index (χ0v) is 10.2. The van der Waals surface area contributed by atoms with Crippen molar-refractivity contribution in [2.24, 2.45) is 0 Å². The highest BCUT2D eigenvalue weighted by molar-refractivity contribution is 7.99. The molecule has 0 amide bonds. The van der Waals surface area contributed by atoms with E-state index in [2.05, 4.69) is 4.98 Å². The van der Waals surface area contributed by atoms with Crippen molar-refractivity contribution in [1.29, 1.82) is 0 Å². The molecule has 82 valence electrons. The second-order valence-electron chi connectivity index (χ2n) is 3.72. The summed E-state index contributed by atoms with van der Waals surface area (Å²) in [5, 5.41) is 1.03. The van der Waals surface area contributed by atoms with Crippen LogP contribution in [0.25, 0.3) is 10.9 Å². The fourth-order valence-electron chi connectivity index (χ4n) is 1.62. The van der Waals surface area contributed by atoms with Crippen LogP contribution in [0.2, 0.25) is 0 Å². The zero-order chi connectivity index (χ0) is 11.5. The molecule has 0 saturated carbocycles. The van der Waals surface area contributed by atoms with Crippen LogP contribution in [0.3, 0.4) is 0 Å². The van der Waals surface area contributed by atoms with Gasteiger partial charge in [0.2, 0.25) is 0 Å². The average Bonchev–Trinajstić information content (AvgIpc) is 2.28. The number of ketones is 1. The smallest absolute Gasteiger partial charge is 0.172 e. The number of thioether (sulfide) groups is 1. The highest BCUT2D eigenvalue weighted by Gasteiger charge is 2.05. The van der Waals surface area contributed by atoms with Gasteiger partial charge in [-0.1, -0.05) is 6.07 Å². The predicted octanol–water partition coefficient (Wildman–Crippen LogP) is 3.09. The fourth-order valence-corrected chi connectivity index (χ4v) is 2.04. The molecule has 2 nitrogen and oxygen atoms in total. The van der Waals surface area contributed by atoms with Crippen molar-refractivity contribution in [2.45, 2.75) is 6.92 Å². The van der Waals surface area contributed by atoms with Crippen LogP contribution in [0.4, 0.5) is 0 Å². The van der Waals surface area contributed by atoms with Gasteiger partial charge in [0, 0.05) is 16.6 Å². The van der Waals surface area contributed by atoms with E-state index in [9.17, 15) is 4.79 Å². The number of benzene rings is 1. The second-order valence-corrected chi connectivity index (χ2v) is 4.58. The first-order chi connectivity index (χ1) is 7.70. The zero-order valence-electron chi connectivity index (χ0n) is 9.36. The molecule has 0 fully saturated rings. The standard InChI is InChI=1S/C13H13NOS/c1-9-3-4-10-7-11(13(15)8-16-2)5-6-12(10)14-9/h3-7H,8H2,1-2H3. The van der Waals surface area contributed by atoms with Crippen LogP contribution in [-0.4, -0.2) is 22.8 Å². The number of hydrogen-bond donors (Lipinski definition) is 0. The SMILES string of the molecule is CSCC(=O)c1ccc2nc(C)ccc2c1. The first kappa shape index (κ1) is 11.1. The number of fused-ring (bicyclic) bond motifs is 1. The van der Waals surface area contributed by atoms with Gasteiger partial charge in [-0.05, 0) is 37.4 Å². The molecule has 2 rings (SSSR count). The molecule has 1 aromatic carbocycles. The van der Waals surface area contributed by atoms with Crippen molar-refractivity contribution in [3.8, 4) is 0 Å². The molecule has 0 aliphatic carbocycles. The molecule has 0 aliphatic heterocycles. The van der Waals surface area contributed by atoms with Crippen LogP contribution >= 0.6 is 11.8 Å². The van der Waals surface area contributed by atoms with Gasteiger partial charge in [-0.2, -0.15) is 11.8 Å². The number of aromatic nitrogens is 1. The van der Waals surface area contributed by atoms with Gasteiger partial charge in [0.25, 0.3) is 0 Å². The molecule has 1 heterocycles. The lowest BCUT2D eigenvalue weighted by Crippen LogP contribution is -2.01. The van der Waals surface area contributed by atoms with E-state index >= 15 is 0 Å². The number of pyridine rings is 1. The summed E-state index contributed by atoms with van der Waals surface area (Å²) < 4.78 is 0. The molecule has 0 unspecified atom stereocenters. The van der Waals surface area contributed by atoms with Gasteiger partial charge in [-0.25, -0.2) is 0 Å². The van der Waals surface area contributed by atoms with E-state index in [1.165, 1.54) is 0 Å². The molecule has 0 aliphatic rings. The summed E-state index contributed by atoms with van der Waals surface area (Å²) in [5.74, 6) is 0.708. The van der Waals surface area contributed by atoms with Gasteiger partial charge >= 0.3 is 0 Å². The summed E-state index contributed by atoms with van der Waals surface area (Å²) in [5.41, 5.74) is 2.71. The van der Waals surface area contributed by atoms with Gasteiger partial charge in [0.15, 0.2) is 5.78 Å². The number of carbonyl (C=O) groups excluding carboxylic acids is 1. The van der Waals surface area contributed by atoms with Crippen LogP contribution in [0, 0.1) is 6.92 Å². The summed E-state index contributed by atoms with van der Waals surface area (Å²) in [6.45, 7) is 1.96. The molecule has 2 aromatic rings. The van der Waals surface area contributed by atoms with Crippen LogP contribution in [-0.2, 0) is 0 Å². The molecule has 0 bridgehead atoms. The maximum Gasteiger partial charge on any atom is 0.172 e. The van der Waals surface area contributed by atoms with Gasteiger partial charge in [-0.15, -0.1) is 0 Å². The summed E-state index contributed by atoms with van der Waals surface area (Å²) in [4.78, 5) is 16.1. The second kappa shape index (κ2) is 4.66. The normalized spacial score (nSPS) is 10.6. The minimum Gasteiger partial charge on any atom is -0.293 e. The molecule has 0 radical (unpaired) electrons. The van der Waals surface area contributed by atoms with Crippen LogP contribution < -0.4 is 0 Å². The molecule has 0 atom stereocenters. The van der Waals surface area contributed by atoms with Crippen molar-refractivity contribution in [3.05, 3.63) is 41.6 Å². The molecule has 16 heavy (non-hydrogen) atoms. The lowest BCUT2D eigenvalue weighted by Gasteiger charge is -2.02. The molecule has 0 saturated heterocycles. The first-order valence-electron chi connectivity index (χ1n) is 5.10. The number of nitrogens with zero attached hydrogens (tertiary/aromatic N) is 1. The molecule has 3 heteroatoms. The van der Waals surface area contributed by atoms with Gasteiger partial charge < -0.3 is 0 Å². The Morgan fingerprint density at radius 3 is 2.88 bits per heavy atom. The number of hydrogen-bond acceptors (Lipinski definition) is 3. The van der Waals surface area contributed by atoms with Gasteiger partial charge in [0.05, 0.1) is 11.3 Å². The van der Waals surface area contributed by atoms with E-state index in [0.29, 0.717) is 5.75 Å². The third kappa shape index (κ3) is 2.25. The number of rotatable bonds is 3. The van der Waals surface area contributed by atoms with Crippen molar-refractivity contribution >= 4 is 28.4 Å². The van der Waals surface area contributed by atoms with Crippen molar-refractivity contribution in [3.63, 3.8) is 0 Å². The Labute approximate surface area is 99.1 Å². The Balaban J connectivity index is 2.44. The predicted molar refractivity (Wildman–Crippen MR) is 69.2 cm³/mol. The Hall–Kier alpha value is -1.35. The highest BCUT2D eigenvalue weighted by Crippen LogP contribution is 2.16. The van der Waals surface area contributed by atoms with Gasteiger partial charge in [-0.3, -0.25) is 9.78 Å². The first-order valence-corrected chi connectivity index (χ1v) is 6.49. The monoisotopic (exact) mass is 231 g/mol. The van der Waals surface area contributed by atoms with Crippen LogP contribution in [0.1, 0.15) is 16.1 Å².